The van der Waals surface area contributed by atoms with Crippen LogP contribution < -0.4 is 5.32 Å². The minimum Gasteiger partial charge on any atom is -0.318 e. The van der Waals surface area contributed by atoms with Crippen LogP contribution in [0.5, 0.6) is 0 Å². The molecule has 1 aromatic carbocycles. The third kappa shape index (κ3) is 2.40. The number of nitrogens with zero attached hydrogens (tertiary/aromatic N) is 2. The van der Waals surface area contributed by atoms with Crippen LogP contribution >= 0.6 is 11.6 Å². The molecule has 2 saturated heterocycles. The van der Waals surface area contributed by atoms with E-state index in [1.165, 1.54) is 12.1 Å². The second kappa shape index (κ2) is 4.98. The van der Waals surface area contributed by atoms with Crippen molar-refractivity contribution in [2.45, 2.75) is 12.6 Å². The number of urea groups is 1. The molecule has 0 saturated carbocycles. The zero-order valence-electron chi connectivity index (χ0n) is 10.4. The van der Waals surface area contributed by atoms with Crippen molar-refractivity contribution < 1.29 is 9.18 Å². The van der Waals surface area contributed by atoms with Gasteiger partial charge in [-0.2, -0.15) is 0 Å². The van der Waals surface area contributed by atoms with Crippen LogP contribution in [-0.4, -0.2) is 48.1 Å². The van der Waals surface area contributed by atoms with Gasteiger partial charge in [0.15, 0.2) is 0 Å². The van der Waals surface area contributed by atoms with E-state index in [1.54, 1.807) is 11.0 Å². The summed E-state index contributed by atoms with van der Waals surface area (Å²) in [5.41, 5.74) is 0.767. The summed E-state index contributed by atoms with van der Waals surface area (Å²) in [5.74, 6) is -0.440. The smallest absolute Gasteiger partial charge is 0.318 e. The molecule has 1 atom stereocenters. The Bertz CT molecular complexity index is 511. The molecule has 1 N–H and O–H groups in total. The van der Waals surface area contributed by atoms with Crippen LogP contribution in [0.4, 0.5) is 9.18 Å². The normalized spacial score (nSPS) is 22.8. The first-order valence-corrected chi connectivity index (χ1v) is 6.73. The molecule has 1 aromatic rings. The summed E-state index contributed by atoms with van der Waals surface area (Å²) >= 11 is 5.65. The lowest BCUT2D eigenvalue weighted by Crippen LogP contribution is -2.49. The van der Waals surface area contributed by atoms with E-state index in [1.807, 2.05) is 4.90 Å². The molecule has 0 bridgehead atoms. The Kier molecular flexibility index (Phi) is 3.33. The van der Waals surface area contributed by atoms with Crippen LogP contribution in [0.1, 0.15) is 5.56 Å². The molecule has 4 nitrogen and oxygen atoms in total. The van der Waals surface area contributed by atoms with E-state index in [0.717, 1.165) is 25.2 Å². The van der Waals surface area contributed by atoms with Crippen molar-refractivity contribution in [3.63, 3.8) is 0 Å². The van der Waals surface area contributed by atoms with Gasteiger partial charge in [0.05, 0.1) is 11.1 Å². The van der Waals surface area contributed by atoms with Crippen molar-refractivity contribution in [1.82, 2.24) is 15.1 Å². The monoisotopic (exact) mass is 283 g/mol. The highest BCUT2D eigenvalue weighted by Crippen LogP contribution is 2.21. The standard InChI is InChI=1S/C13H15ClFN3O/c14-11-2-1-9(5-12(11)15)7-17-8-10-6-16-3-4-18(10)13(17)19/h1-2,5,10,16H,3-4,6-8H2. The number of nitrogens with one attached hydrogen (secondary N) is 1. The van der Waals surface area contributed by atoms with Gasteiger partial charge in [0, 0.05) is 32.7 Å². The van der Waals surface area contributed by atoms with Gasteiger partial charge in [-0.1, -0.05) is 17.7 Å². The topological polar surface area (TPSA) is 35.6 Å². The van der Waals surface area contributed by atoms with Crippen LogP contribution in [0, 0.1) is 5.82 Å². The number of piperazine rings is 1. The molecule has 102 valence electrons. The molecule has 2 fully saturated rings. The van der Waals surface area contributed by atoms with E-state index in [0.29, 0.717) is 13.1 Å². The lowest BCUT2D eigenvalue weighted by Gasteiger charge is -2.28. The maximum atomic E-state index is 13.4. The highest BCUT2D eigenvalue weighted by Gasteiger charge is 2.38. The van der Waals surface area contributed by atoms with Crippen LogP contribution in [0.25, 0.3) is 0 Å². The number of amides is 2. The minimum absolute atomic E-state index is 0.0434. The number of hydrogen-bond donors (Lipinski definition) is 1. The summed E-state index contributed by atoms with van der Waals surface area (Å²) < 4.78 is 13.4. The molecule has 0 aliphatic carbocycles. The molecule has 19 heavy (non-hydrogen) atoms. The summed E-state index contributed by atoms with van der Waals surface area (Å²) in [6.45, 7) is 3.54. The maximum Gasteiger partial charge on any atom is 0.320 e. The fourth-order valence-electron chi connectivity index (χ4n) is 2.68. The summed E-state index contributed by atoms with van der Waals surface area (Å²) in [4.78, 5) is 15.9. The molecule has 0 radical (unpaired) electrons. The van der Waals surface area contributed by atoms with Crippen LogP contribution in [0.3, 0.4) is 0 Å². The van der Waals surface area contributed by atoms with Gasteiger partial charge in [-0.05, 0) is 17.7 Å². The number of rotatable bonds is 2. The minimum atomic E-state index is -0.440. The van der Waals surface area contributed by atoms with Gasteiger partial charge in [0.25, 0.3) is 0 Å². The number of benzene rings is 1. The van der Waals surface area contributed by atoms with E-state index >= 15 is 0 Å². The number of hydrogen-bond acceptors (Lipinski definition) is 2. The third-order valence-corrected chi connectivity index (χ3v) is 3.96. The molecule has 3 rings (SSSR count). The van der Waals surface area contributed by atoms with E-state index in [2.05, 4.69) is 5.32 Å². The van der Waals surface area contributed by atoms with Crippen molar-refractivity contribution in [1.29, 1.82) is 0 Å². The van der Waals surface area contributed by atoms with Crippen molar-refractivity contribution in [3.05, 3.63) is 34.6 Å². The summed E-state index contributed by atoms with van der Waals surface area (Å²) in [6.07, 6.45) is 0. The SMILES string of the molecule is O=C1N(Cc2ccc(Cl)c(F)c2)CC2CNCCN12. The molecule has 2 amide bonds. The van der Waals surface area contributed by atoms with Crippen molar-refractivity contribution in [3.8, 4) is 0 Å². The largest absolute Gasteiger partial charge is 0.320 e. The van der Waals surface area contributed by atoms with Gasteiger partial charge in [-0.25, -0.2) is 9.18 Å². The maximum absolute atomic E-state index is 13.4. The van der Waals surface area contributed by atoms with Crippen molar-refractivity contribution in [2.75, 3.05) is 26.2 Å². The molecule has 2 aliphatic heterocycles. The zero-order valence-corrected chi connectivity index (χ0v) is 11.2. The second-order valence-electron chi connectivity index (χ2n) is 4.96. The lowest BCUT2D eigenvalue weighted by atomic mass is 10.2. The molecule has 6 heteroatoms. The van der Waals surface area contributed by atoms with Gasteiger partial charge >= 0.3 is 6.03 Å². The molecule has 0 spiro atoms. The van der Waals surface area contributed by atoms with Gasteiger partial charge in [0.2, 0.25) is 0 Å². The second-order valence-corrected chi connectivity index (χ2v) is 5.37. The highest BCUT2D eigenvalue weighted by molar-refractivity contribution is 6.30. The first-order chi connectivity index (χ1) is 9.15. The van der Waals surface area contributed by atoms with Gasteiger partial charge < -0.3 is 15.1 Å². The lowest BCUT2D eigenvalue weighted by molar-refractivity contribution is 0.178. The molecular formula is C13H15ClFN3O. The molecular weight excluding hydrogens is 269 g/mol. The Hall–Kier alpha value is -1.33. The zero-order chi connectivity index (χ0) is 13.4. The fourth-order valence-corrected chi connectivity index (χ4v) is 2.80. The van der Waals surface area contributed by atoms with E-state index in [-0.39, 0.29) is 17.1 Å². The summed E-state index contributed by atoms with van der Waals surface area (Å²) in [5, 5.41) is 3.39. The number of carbonyl (C=O) groups excluding carboxylic acids is 1. The Morgan fingerprint density at radius 1 is 1.47 bits per heavy atom. The van der Waals surface area contributed by atoms with Crippen LogP contribution in [0.2, 0.25) is 5.02 Å². The molecule has 1 unspecified atom stereocenters. The highest BCUT2D eigenvalue weighted by atomic mass is 35.5. The van der Waals surface area contributed by atoms with Crippen molar-refractivity contribution >= 4 is 17.6 Å². The number of fused-ring (bicyclic) bond motifs is 1. The summed E-state index contributed by atoms with van der Waals surface area (Å²) in [7, 11) is 0. The van der Waals surface area contributed by atoms with Gasteiger partial charge in [-0.15, -0.1) is 0 Å². The Morgan fingerprint density at radius 2 is 2.32 bits per heavy atom. The Balaban J connectivity index is 1.73. The predicted molar refractivity (Wildman–Crippen MR) is 70.6 cm³/mol. The average molecular weight is 284 g/mol. The third-order valence-electron chi connectivity index (χ3n) is 3.66. The van der Waals surface area contributed by atoms with E-state index in [9.17, 15) is 9.18 Å². The van der Waals surface area contributed by atoms with E-state index < -0.39 is 5.82 Å². The molecule has 2 heterocycles. The first-order valence-electron chi connectivity index (χ1n) is 6.35. The molecule has 0 aromatic heterocycles. The first kappa shape index (κ1) is 12.7. The number of carbonyl (C=O) groups is 1. The van der Waals surface area contributed by atoms with Crippen molar-refractivity contribution in [2.24, 2.45) is 0 Å². The van der Waals surface area contributed by atoms with Crippen LogP contribution in [0.15, 0.2) is 18.2 Å². The number of halogens is 2. The van der Waals surface area contributed by atoms with Crippen LogP contribution in [-0.2, 0) is 6.54 Å². The Morgan fingerprint density at radius 3 is 3.05 bits per heavy atom. The van der Waals surface area contributed by atoms with E-state index in [4.69, 9.17) is 11.6 Å². The Labute approximate surface area is 116 Å². The summed E-state index contributed by atoms with van der Waals surface area (Å²) in [6, 6.07) is 4.96. The quantitative estimate of drug-likeness (QED) is 0.896. The van der Waals surface area contributed by atoms with Gasteiger partial charge in [0.1, 0.15) is 5.82 Å². The molecule has 2 aliphatic rings. The van der Waals surface area contributed by atoms with Gasteiger partial charge in [-0.3, -0.25) is 0 Å². The predicted octanol–water partition coefficient (Wildman–Crippen LogP) is 1.69. The average Bonchev–Trinajstić information content (AvgIpc) is 2.72. The fraction of sp³-hybridized carbons (Fsp3) is 0.462.